The Labute approximate surface area is 55.4 Å². The van der Waals surface area contributed by atoms with Crippen LogP contribution < -0.4 is 0 Å². The highest BCUT2D eigenvalue weighted by Gasteiger charge is 2.21. The van der Waals surface area contributed by atoms with Crippen LogP contribution in [0, 0.1) is 0 Å². The Bertz CT molecular complexity index is 153. The van der Waals surface area contributed by atoms with Crippen LogP contribution in [0.15, 0.2) is 0 Å². The molecule has 0 heterocycles. The van der Waals surface area contributed by atoms with Crippen LogP contribution in [0.25, 0.3) is 0 Å². The molecule has 9 heavy (non-hydrogen) atoms. The third-order valence-electron chi connectivity index (χ3n) is 0.583. The molecule has 0 saturated carbocycles. The summed E-state index contributed by atoms with van der Waals surface area (Å²) in [6.45, 7) is 0. The molecule has 0 aromatic rings. The van der Waals surface area contributed by atoms with Gasteiger partial charge >= 0.3 is 5.97 Å². The van der Waals surface area contributed by atoms with Crippen molar-refractivity contribution in [3.05, 3.63) is 0 Å². The molecule has 0 aliphatic carbocycles. The lowest BCUT2D eigenvalue weighted by molar-refractivity contribution is -0.141. The number of hydrogen-bond donors (Lipinski definition) is 1. The first-order valence-corrected chi connectivity index (χ1v) is 2.39. The summed E-state index contributed by atoms with van der Waals surface area (Å²) in [6.07, 6.45) is -0.119. The van der Waals surface area contributed by atoms with Gasteiger partial charge < -0.3 is 5.11 Å². The van der Waals surface area contributed by atoms with Crippen molar-refractivity contribution >= 4 is 29.6 Å². The van der Waals surface area contributed by atoms with Crippen LogP contribution in [0.1, 0.15) is 0 Å². The molecular formula is C4H3ClO4. The SMILES string of the molecule is O=CC(=O)C(Cl)C(=O)O. The summed E-state index contributed by atoms with van der Waals surface area (Å²) in [5.74, 6) is -2.64. The Morgan fingerprint density at radius 3 is 2.11 bits per heavy atom. The summed E-state index contributed by atoms with van der Waals surface area (Å²) in [5, 5.41) is 6.24. The smallest absolute Gasteiger partial charge is 0.329 e. The second kappa shape index (κ2) is 3.19. The number of carboxylic acids is 1. The van der Waals surface area contributed by atoms with Gasteiger partial charge in [-0.2, -0.15) is 0 Å². The molecular weight excluding hydrogens is 147 g/mol. The van der Waals surface area contributed by atoms with Crippen LogP contribution in [0.2, 0.25) is 0 Å². The molecule has 1 atom stereocenters. The van der Waals surface area contributed by atoms with Crippen molar-refractivity contribution in [3.63, 3.8) is 0 Å². The van der Waals surface area contributed by atoms with E-state index in [1.807, 2.05) is 0 Å². The average molecular weight is 151 g/mol. The van der Waals surface area contributed by atoms with Gasteiger partial charge in [0.05, 0.1) is 0 Å². The molecule has 0 aromatic heterocycles. The summed E-state index contributed by atoms with van der Waals surface area (Å²) < 4.78 is 0. The lowest BCUT2D eigenvalue weighted by atomic mass is 10.3. The zero-order chi connectivity index (χ0) is 7.44. The molecule has 4 nitrogen and oxygen atoms in total. The predicted octanol–water partition coefficient (Wildman–Crippen LogP) is -0.554. The number of Topliss-reactive ketones (excluding diaryl/α,β-unsaturated/α-hetero) is 1. The molecule has 0 aromatic carbocycles. The number of carbonyl (C=O) groups is 3. The largest absolute Gasteiger partial charge is 0.480 e. The van der Waals surface area contributed by atoms with E-state index in [9.17, 15) is 14.4 Å². The highest BCUT2D eigenvalue weighted by atomic mass is 35.5. The third-order valence-corrected chi connectivity index (χ3v) is 0.985. The first kappa shape index (κ1) is 8.10. The first-order valence-electron chi connectivity index (χ1n) is 1.95. The molecule has 0 fully saturated rings. The van der Waals surface area contributed by atoms with Gasteiger partial charge in [-0.25, -0.2) is 0 Å². The summed E-state index contributed by atoms with van der Waals surface area (Å²) in [4.78, 5) is 29.4. The standard InChI is InChI=1S/C4H3ClO4/c5-3(4(8)9)2(7)1-6/h1,3H,(H,8,9). The Morgan fingerprint density at radius 1 is 1.56 bits per heavy atom. The van der Waals surface area contributed by atoms with Crippen LogP contribution in [-0.4, -0.2) is 28.5 Å². The fourth-order valence-corrected chi connectivity index (χ4v) is 0.233. The molecule has 0 saturated heterocycles. The van der Waals surface area contributed by atoms with Crippen molar-refractivity contribution in [1.82, 2.24) is 0 Å². The molecule has 1 N–H and O–H groups in total. The Kier molecular flexibility index (Phi) is 2.87. The fourth-order valence-electron chi connectivity index (χ4n) is 0.181. The molecule has 5 heteroatoms. The minimum atomic E-state index is -1.73. The Hall–Kier alpha value is -0.900. The van der Waals surface area contributed by atoms with Crippen molar-refractivity contribution in [2.45, 2.75) is 5.38 Å². The zero-order valence-corrected chi connectivity index (χ0v) is 4.96. The number of carboxylic acid groups (broad SMARTS) is 1. The van der Waals surface area contributed by atoms with Gasteiger partial charge in [0, 0.05) is 0 Å². The van der Waals surface area contributed by atoms with Gasteiger partial charge in [0.2, 0.25) is 5.78 Å². The van der Waals surface area contributed by atoms with Crippen molar-refractivity contribution < 1.29 is 19.5 Å². The fraction of sp³-hybridized carbons (Fsp3) is 0.250. The second-order valence-electron chi connectivity index (χ2n) is 1.22. The molecule has 0 aliphatic heterocycles. The van der Waals surface area contributed by atoms with Crippen LogP contribution in [-0.2, 0) is 14.4 Å². The van der Waals surface area contributed by atoms with E-state index >= 15 is 0 Å². The van der Waals surface area contributed by atoms with Gasteiger partial charge in [0.25, 0.3) is 0 Å². The number of alkyl halides is 1. The third kappa shape index (κ3) is 2.23. The maximum absolute atomic E-state index is 10.1. The van der Waals surface area contributed by atoms with E-state index in [0.717, 1.165) is 0 Å². The molecule has 50 valence electrons. The molecule has 0 aliphatic rings. The number of halogens is 1. The van der Waals surface area contributed by atoms with E-state index in [1.54, 1.807) is 0 Å². The summed E-state index contributed by atoms with van der Waals surface area (Å²) in [7, 11) is 0. The average Bonchev–Trinajstić information content (AvgIpc) is 1.84. The van der Waals surface area contributed by atoms with Crippen molar-refractivity contribution in [2.24, 2.45) is 0 Å². The number of aldehydes is 1. The zero-order valence-electron chi connectivity index (χ0n) is 4.20. The lowest BCUT2D eigenvalue weighted by Gasteiger charge is -1.92. The van der Waals surface area contributed by atoms with Gasteiger partial charge in [0.1, 0.15) is 0 Å². The van der Waals surface area contributed by atoms with Crippen LogP contribution >= 0.6 is 11.6 Å². The molecule has 0 spiro atoms. The topological polar surface area (TPSA) is 71.4 Å². The molecule has 0 bridgehead atoms. The van der Waals surface area contributed by atoms with Crippen molar-refractivity contribution in [2.75, 3.05) is 0 Å². The molecule has 0 radical (unpaired) electrons. The molecule has 0 rings (SSSR count). The van der Waals surface area contributed by atoms with Crippen LogP contribution in [0.4, 0.5) is 0 Å². The second-order valence-corrected chi connectivity index (χ2v) is 1.66. The van der Waals surface area contributed by atoms with Crippen LogP contribution in [0.5, 0.6) is 0 Å². The van der Waals surface area contributed by atoms with Gasteiger partial charge in [-0.05, 0) is 0 Å². The maximum atomic E-state index is 10.1. The van der Waals surface area contributed by atoms with Crippen LogP contribution in [0.3, 0.4) is 0 Å². The van der Waals surface area contributed by atoms with E-state index in [0.29, 0.717) is 0 Å². The van der Waals surface area contributed by atoms with Gasteiger partial charge in [-0.15, -0.1) is 11.6 Å². The van der Waals surface area contributed by atoms with E-state index in [4.69, 9.17) is 16.7 Å². The molecule has 1 unspecified atom stereocenters. The minimum Gasteiger partial charge on any atom is -0.480 e. The summed E-state index contributed by atoms with van der Waals surface area (Å²) in [5.41, 5.74) is 0. The van der Waals surface area contributed by atoms with Crippen molar-refractivity contribution in [1.29, 1.82) is 0 Å². The van der Waals surface area contributed by atoms with Gasteiger partial charge in [-0.3, -0.25) is 14.4 Å². The summed E-state index contributed by atoms with van der Waals surface area (Å²) in [6, 6.07) is 0. The Balaban J connectivity index is 4.03. The highest BCUT2D eigenvalue weighted by molar-refractivity contribution is 6.50. The number of aliphatic carboxylic acids is 1. The lowest BCUT2D eigenvalue weighted by Crippen LogP contribution is -2.24. The summed E-state index contributed by atoms with van der Waals surface area (Å²) >= 11 is 4.89. The number of ketones is 1. The van der Waals surface area contributed by atoms with E-state index in [2.05, 4.69) is 0 Å². The van der Waals surface area contributed by atoms with Gasteiger partial charge in [0.15, 0.2) is 11.7 Å². The maximum Gasteiger partial charge on any atom is 0.329 e. The monoisotopic (exact) mass is 150 g/mol. The first-order chi connectivity index (χ1) is 4.09. The number of carbonyl (C=O) groups excluding carboxylic acids is 2. The Morgan fingerprint density at radius 2 is 2.00 bits per heavy atom. The van der Waals surface area contributed by atoms with E-state index in [1.165, 1.54) is 0 Å². The van der Waals surface area contributed by atoms with Gasteiger partial charge in [-0.1, -0.05) is 0 Å². The number of rotatable bonds is 3. The van der Waals surface area contributed by atoms with Crippen molar-refractivity contribution in [3.8, 4) is 0 Å². The van der Waals surface area contributed by atoms with E-state index in [-0.39, 0.29) is 6.29 Å². The van der Waals surface area contributed by atoms with E-state index < -0.39 is 17.1 Å². The molecule has 0 amide bonds. The minimum absolute atomic E-state index is 0.119. The predicted molar refractivity (Wildman–Crippen MR) is 28.3 cm³/mol. The number of hydrogen-bond acceptors (Lipinski definition) is 3. The quantitative estimate of drug-likeness (QED) is 0.254. The highest BCUT2D eigenvalue weighted by Crippen LogP contribution is 1.94. The normalized spacial score (nSPS) is 12.1.